The fraction of sp³-hybridized carbons (Fsp3) is 0.333. The van der Waals surface area contributed by atoms with Crippen molar-refractivity contribution in [3.63, 3.8) is 0 Å². The minimum atomic E-state index is 0.494. The maximum absolute atomic E-state index is 8.87. The first-order chi connectivity index (χ1) is 9.76. The molecule has 20 heavy (non-hydrogen) atoms. The number of nitrogens with zero attached hydrogens (tertiary/aromatic N) is 3. The molecular formula is C15H19N3O2. The van der Waals surface area contributed by atoms with Gasteiger partial charge in [-0.1, -0.05) is 12.1 Å². The summed E-state index contributed by atoms with van der Waals surface area (Å²) < 4.78 is 7.56. The van der Waals surface area contributed by atoms with Crippen LogP contribution < -0.4 is 4.74 Å². The Morgan fingerprint density at radius 3 is 2.60 bits per heavy atom. The number of hydrogen-bond donors (Lipinski definition) is 1. The maximum Gasteiger partial charge on any atom is 0.119 e. The van der Waals surface area contributed by atoms with Gasteiger partial charge in [-0.3, -0.25) is 4.68 Å². The number of benzene rings is 1. The van der Waals surface area contributed by atoms with E-state index in [0.717, 1.165) is 23.4 Å². The van der Waals surface area contributed by atoms with Crippen LogP contribution in [0.25, 0.3) is 0 Å². The Bertz CT molecular complexity index is 573. The third kappa shape index (κ3) is 3.38. The first-order valence-corrected chi connectivity index (χ1v) is 6.72. The molecule has 5 heteroatoms. The highest BCUT2D eigenvalue weighted by atomic mass is 16.5. The molecule has 0 aliphatic rings. The van der Waals surface area contributed by atoms with E-state index in [9.17, 15) is 0 Å². The van der Waals surface area contributed by atoms with Crippen LogP contribution in [-0.2, 0) is 13.2 Å². The molecule has 106 valence electrons. The SMILES string of the molecule is CCC(=NO)c1ccc(OCc2cnn(CC)c2)cc1. The molecule has 5 nitrogen and oxygen atoms in total. The van der Waals surface area contributed by atoms with Gasteiger partial charge in [0.05, 0.1) is 11.9 Å². The second kappa shape index (κ2) is 6.75. The van der Waals surface area contributed by atoms with Crippen molar-refractivity contribution < 1.29 is 9.94 Å². The smallest absolute Gasteiger partial charge is 0.119 e. The van der Waals surface area contributed by atoms with Crippen molar-refractivity contribution in [2.75, 3.05) is 0 Å². The van der Waals surface area contributed by atoms with E-state index in [1.807, 2.05) is 55.2 Å². The molecule has 2 aromatic rings. The van der Waals surface area contributed by atoms with Gasteiger partial charge in [0.15, 0.2) is 0 Å². The summed E-state index contributed by atoms with van der Waals surface area (Å²) in [7, 11) is 0. The standard InChI is InChI=1S/C15H19N3O2/c1-3-15(17-19)13-5-7-14(8-6-13)20-11-12-9-16-18(4-2)10-12/h5-10,19H,3-4,11H2,1-2H3. The summed E-state index contributed by atoms with van der Waals surface area (Å²) in [4.78, 5) is 0. The molecule has 1 aromatic heterocycles. The predicted molar refractivity (Wildman–Crippen MR) is 77.3 cm³/mol. The van der Waals surface area contributed by atoms with Crippen LogP contribution in [0.15, 0.2) is 41.8 Å². The minimum absolute atomic E-state index is 0.494. The molecule has 1 aromatic carbocycles. The van der Waals surface area contributed by atoms with Crippen LogP contribution in [0, 0.1) is 0 Å². The lowest BCUT2D eigenvalue weighted by Crippen LogP contribution is -1.99. The molecule has 1 N–H and O–H groups in total. The number of aromatic nitrogens is 2. The Balaban J connectivity index is 1.97. The summed E-state index contributed by atoms with van der Waals surface area (Å²) in [5.74, 6) is 0.784. The van der Waals surface area contributed by atoms with E-state index in [2.05, 4.69) is 10.3 Å². The summed E-state index contributed by atoms with van der Waals surface area (Å²) >= 11 is 0. The van der Waals surface area contributed by atoms with E-state index >= 15 is 0 Å². The van der Waals surface area contributed by atoms with Gasteiger partial charge in [0, 0.05) is 18.3 Å². The second-order valence-electron chi connectivity index (χ2n) is 4.42. The molecule has 2 rings (SSSR count). The molecule has 1 heterocycles. The van der Waals surface area contributed by atoms with Crippen molar-refractivity contribution >= 4 is 5.71 Å². The molecule has 0 atom stereocenters. The Morgan fingerprint density at radius 1 is 1.30 bits per heavy atom. The first-order valence-electron chi connectivity index (χ1n) is 6.72. The maximum atomic E-state index is 8.87. The molecule has 0 radical (unpaired) electrons. The van der Waals surface area contributed by atoms with Gasteiger partial charge in [-0.05, 0) is 43.2 Å². The van der Waals surface area contributed by atoms with Crippen LogP contribution in [-0.4, -0.2) is 20.7 Å². The number of aryl methyl sites for hydroxylation is 1. The van der Waals surface area contributed by atoms with Crippen molar-refractivity contribution in [2.45, 2.75) is 33.4 Å². The summed E-state index contributed by atoms with van der Waals surface area (Å²) in [6, 6.07) is 7.54. The van der Waals surface area contributed by atoms with Crippen LogP contribution in [0.1, 0.15) is 31.4 Å². The monoisotopic (exact) mass is 273 g/mol. The minimum Gasteiger partial charge on any atom is -0.489 e. The number of ether oxygens (including phenoxy) is 1. The number of hydrogen-bond acceptors (Lipinski definition) is 4. The van der Waals surface area contributed by atoms with Gasteiger partial charge in [-0.25, -0.2) is 0 Å². The summed E-state index contributed by atoms with van der Waals surface area (Å²) in [5, 5.41) is 16.4. The van der Waals surface area contributed by atoms with Gasteiger partial charge in [0.2, 0.25) is 0 Å². The van der Waals surface area contributed by atoms with Gasteiger partial charge in [0.1, 0.15) is 12.4 Å². The quantitative estimate of drug-likeness (QED) is 0.500. The zero-order valence-electron chi connectivity index (χ0n) is 11.8. The largest absolute Gasteiger partial charge is 0.489 e. The van der Waals surface area contributed by atoms with E-state index in [0.29, 0.717) is 18.7 Å². The molecule has 0 spiro atoms. The molecule has 0 aliphatic carbocycles. The predicted octanol–water partition coefficient (Wildman–Crippen LogP) is 3.07. The number of oxime groups is 1. The Kier molecular flexibility index (Phi) is 4.76. The Morgan fingerprint density at radius 2 is 2.05 bits per heavy atom. The fourth-order valence-corrected chi connectivity index (χ4v) is 1.90. The summed E-state index contributed by atoms with van der Waals surface area (Å²) in [5.41, 5.74) is 2.61. The highest BCUT2D eigenvalue weighted by Gasteiger charge is 2.03. The highest BCUT2D eigenvalue weighted by molar-refractivity contribution is 6.00. The summed E-state index contributed by atoms with van der Waals surface area (Å²) in [6.07, 6.45) is 4.47. The van der Waals surface area contributed by atoms with Gasteiger partial charge in [-0.2, -0.15) is 5.10 Å². The molecule has 0 fully saturated rings. The Hall–Kier alpha value is -2.30. The molecule has 0 aliphatic heterocycles. The lowest BCUT2D eigenvalue weighted by Gasteiger charge is -2.06. The molecular weight excluding hydrogens is 254 g/mol. The van der Waals surface area contributed by atoms with Crippen LogP contribution >= 0.6 is 0 Å². The van der Waals surface area contributed by atoms with E-state index in [1.165, 1.54) is 0 Å². The van der Waals surface area contributed by atoms with Gasteiger partial charge in [-0.15, -0.1) is 0 Å². The molecule has 0 bridgehead atoms. The normalized spacial score (nSPS) is 11.6. The van der Waals surface area contributed by atoms with E-state index in [4.69, 9.17) is 9.94 Å². The lowest BCUT2D eigenvalue weighted by molar-refractivity contribution is 0.306. The van der Waals surface area contributed by atoms with E-state index in [-0.39, 0.29) is 0 Å². The van der Waals surface area contributed by atoms with E-state index < -0.39 is 0 Å². The highest BCUT2D eigenvalue weighted by Crippen LogP contribution is 2.15. The molecule has 0 unspecified atom stereocenters. The first kappa shape index (κ1) is 14.1. The van der Waals surface area contributed by atoms with Crippen molar-refractivity contribution in [1.29, 1.82) is 0 Å². The zero-order valence-corrected chi connectivity index (χ0v) is 11.8. The molecule has 0 amide bonds. The Labute approximate surface area is 118 Å². The number of rotatable bonds is 6. The zero-order chi connectivity index (χ0) is 14.4. The average Bonchev–Trinajstić information content (AvgIpc) is 2.96. The van der Waals surface area contributed by atoms with Crippen molar-refractivity contribution in [3.8, 4) is 5.75 Å². The van der Waals surface area contributed by atoms with Crippen molar-refractivity contribution in [1.82, 2.24) is 9.78 Å². The van der Waals surface area contributed by atoms with Gasteiger partial charge in [0.25, 0.3) is 0 Å². The van der Waals surface area contributed by atoms with Crippen molar-refractivity contribution in [3.05, 3.63) is 47.8 Å². The van der Waals surface area contributed by atoms with Gasteiger partial charge < -0.3 is 9.94 Å². The lowest BCUT2D eigenvalue weighted by atomic mass is 10.1. The third-order valence-corrected chi connectivity index (χ3v) is 3.06. The third-order valence-electron chi connectivity index (χ3n) is 3.06. The van der Waals surface area contributed by atoms with Gasteiger partial charge >= 0.3 is 0 Å². The van der Waals surface area contributed by atoms with Crippen LogP contribution in [0.5, 0.6) is 5.75 Å². The molecule has 0 saturated carbocycles. The van der Waals surface area contributed by atoms with Crippen LogP contribution in [0.3, 0.4) is 0 Å². The summed E-state index contributed by atoms with van der Waals surface area (Å²) in [6.45, 7) is 5.35. The van der Waals surface area contributed by atoms with Crippen LogP contribution in [0.2, 0.25) is 0 Å². The van der Waals surface area contributed by atoms with Crippen LogP contribution in [0.4, 0.5) is 0 Å². The average molecular weight is 273 g/mol. The second-order valence-corrected chi connectivity index (χ2v) is 4.42. The van der Waals surface area contributed by atoms with E-state index in [1.54, 1.807) is 0 Å². The van der Waals surface area contributed by atoms with Crippen molar-refractivity contribution in [2.24, 2.45) is 5.16 Å². The fourth-order valence-electron chi connectivity index (χ4n) is 1.90. The topological polar surface area (TPSA) is 59.6 Å². The molecule has 0 saturated heterocycles.